The van der Waals surface area contributed by atoms with E-state index in [4.69, 9.17) is 9.47 Å². The molecule has 6 nitrogen and oxygen atoms in total. The van der Waals surface area contributed by atoms with E-state index in [0.29, 0.717) is 13.2 Å². The second-order valence-corrected chi connectivity index (χ2v) is 7.13. The lowest BCUT2D eigenvalue weighted by molar-refractivity contribution is 0.190. The van der Waals surface area contributed by atoms with Crippen LogP contribution in [0.1, 0.15) is 13.8 Å². The summed E-state index contributed by atoms with van der Waals surface area (Å²) in [6.07, 6.45) is 3.72. The number of anilines is 1. The smallest absolute Gasteiger partial charge is 0.150 e. The van der Waals surface area contributed by atoms with Gasteiger partial charge in [-0.25, -0.2) is 9.97 Å². The first kappa shape index (κ1) is 19.9. The number of rotatable bonds is 8. The van der Waals surface area contributed by atoms with Crippen LogP contribution in [0.15, 0.2) is 67.1 Å². The van der Waals surface area contributed by atoms with Crippen LogP contribution in [0.2, 0.25) is 0 Å². The van der Waals surface area contributed by atoms with Crippen LogP contribution in [0.25, 0.3) is 27.8 Å². The molecule has 4 rings (SSSR count). The number of aromatic nitrogens is 3. The Morgan fingerprint density at radius 3 is 2.50 bits per heavy atom. The molecule has 2 heterocycles. The molecule has 2 aromatic carbocycles. The average molecular weight is 402 g/mol. The van der Waals surface area contributed by atoms with Crippen LogP contribution in [0.4, 0.5) is 5.82 Å². The fourth-order valence-corrected chi connectivity index (χ4v) is 3.60. The van der Waals surface area contributed by atoms with Crippen molar-refractivity contribution < 1.29 is 9.47 Å². The number of ether oxygens (including phenoxy) is 2. The Bertz CT molecular complexity index is 1110. The molecule has 0 bridgehead atoms. The van der Waals surface area contributed by atoms with Gasteiger partial charge in [-0.05, 0) is 43.7 Å². The van der Waals surface area contributed by atoms with Gasteiger partial charge in [0, 0.05) is 30.6 Å². The summed E-state index contributed by atoms with van der Waals surface area (Å²) in [4.78, 5) is 9.18. The predicted octanol–water partition coefficient (Wildman–Crippen LogP) is 4.93. The van der Waals surface area contributed by atoms with E-state index < -0.39 is 0 Å². The van der Waals surface area contributed by atoms with Crippen LogP contribution >= 0.6 is 0 Å². The molecule has 0 aliphatic carbocycles. The predicted molar refractivity (Wildman–Crippen MR) is 120 cm³/mol. The number of hydrogen-bond acceptors (Lipinski definition) is 5. The maximum absolute atomic E-state index is 5.59. The van der Waals surface area contributed by atoms with Gasteiger partial charge in [-0.3, -0.25) is 0 Å². The van der Waals surface area contributed by atoms with Gasteiger partial charge in [-0.2, -0.15) is 0 Å². The third-order valence-corrected chi connectivity index (χ3v) is 4.89. The standard InChI is InChI=1S/C24H26N4O2/c1-4-30-20-12-10-19(11-13-20)28-14-21(18-8-6-5-7-9-18)22-23(25-16-26-24(22)28)27-17(2)15-29-3/h5-14,16-17H,4,15H2,1-3H3,(H,25,26,27). The second-order valence-electron chi connectivity index (χ2n) is 7.13. The number of fused-ring (bicyclic) bond motifs is 1. The normalized spacial score (nSPS) is 12.1. The van der Waals surface area contributed by atoms with Gasteiger partial charge in [0.1, 0.15) is 17.9 Å². The van der Waals surface area contributed by atoms with Crippen molar-refractivity contribution in [1.82, 2.24) is 14.5 Å². The molecule has 0 aliphatic rings. The van der Waals surface area contributed by atoms with Crippen molar-refractivity contribution in [1.29, 1.82) is 0 Å². The molecule has 154 valence electrons. The summed E-state index contributed by atoms with van der Waals surface area (Å²) in [5.41, 5.74) is 4.05. The Labute approximate surface area is 176 Å². The van der Waals surface area contributed by atoms with E-state index in [9.17, 15) is 0 Å². The summed E-state index contributed by atoms with van der Waals surface area (Å²) in [7, 11) is 1.70. The maximum atomic E-state index is 5.59. The largest absolute Gasteiger partial charge is 0.494 e. The lowest BCUT2D eigenvalue weighted by atomic mass is 10.1. The van der Waals surface area contributed by atoms with Crippen LogP contribution in [0.5, 0.6) is 5.75 Å². The van der Waals surface area contributed by atoms with E-state index in [0.717, 1.165) is 39.4 Å². The molecule has 0 spiro atoms. The zero-order chi connectivity index (χ0) is 20.9. The van der Waals surface area contributed by atoms with E-state index in [2.05, 4.69) is 45.1 Å². The molecule has 0 saturated heterocycles. The number of methoxy groups -OCH3 is 1. The summed E-state index contributed by atoms with van der Waals surface area (Å²) in [6, 6.07) is 18.5. The van der Waals surface area contributed by atoms with Gasteiger partial charge in [0.05, 0.1) is 18.6 Å². The Morgan fingerprint density at radius 1 is 1.03 bits per heavy atom. The van der Waals surface area contributed by atoms with Crippen LogP contribution in [-0.4, -0.2) is 40.9 Å². The zero-order valence-corrected chi connectivity index (χ0v) is 17.5. The van der Waals surface area contributed by atoms with Crippen molar-refractivity contribution in [3.8, 4) is 22.6 Å². The highest BCUT2D eigenvalue weighted by molar-refractivity contribution is 6.02. The second kappa shape index (κ2) is 8.97. The number of nitrogens with zero attached hydrogens (tertiary/aromatic N) is 3. The first-order valence-corrected chi connectivity index (χ1v) is 10.1. The summed E-state index contributed by atoms with van der Waals surface area (Å²) >= 11 is 0. The summed E-state index contributed by atoms with van der Waals surface area (Å²) in [5, 5.41) is 4.46. The van der Waals surface area contributed by atoms with Gasteiger partial charge in [0.15, 0.2) is 5.65 Å². The van der Waals surface area contributed by atoms with Gasteiger partial charge in [0.2, 0.25) is 0 Å². The van der Waals surface area contributed by atoms with Crippen LogP contribution in [-0.2, 0) is 4.74 Å². The van der Waals surface area contributed by atoms with E-state index in [1.54, 1.807) is 13.4 Å². The molecule has 0 amide bonds. The van der Waals surface area contributed by atoms with Crippen LogP contribution in [0.3, 0.4) is 0 Å². The molecule has 1 atom stereocenters. The van der Waals surface area contributed by atoms with Gasteiger partial charge < -0.3 is 19.4 Å². The first-order valence-electron chi connectivity index (χ1n) is 10.1. The van der Waals surface area contributed by atoms with E-state index >= 15 is 0 Å². The Kier molecular flexibility index (Phi) is 5.95. The first-order chi connectivity index (χ1) is 14.7. The highest BCUT2D eigenvalue weighted by Gasteiger charge is 2.18. The Morgan fingerprint density at radius 2 is 1.80 bits per heavy atom. The number of nitrogens with one attached hydrogen (secondary N) is 1. The minimum absolute atomic E-state index is 0.116. The maximum Gasteiger partial charge on any atom is 0.150 e. The fourth-order valence-electron chi connectivity index (χ4n) is 3.60. The molecule has 0 radical (unpaired) electrons. The summed E-state index contributed by atoms with van der Waals surface area (Å²) < 4.78 is 13.0. The van der Waals surface area contributed by atoms with E-state index in [1.807, 2.05) is 49.4 Å². The van der Waals surface area contributed by atoms with E-state index in [-0.39, 0.29) is 6.04 Å². The quantitative estimate of drug-likeness (QED) is 0.453. The summed E-state index contributed by atoms with van der Waals surface area (Å²) in [5.74, 6) is 1.65. The molecule has 0 fully saturated rings. The number of benzene rings is 2. The van der Waals surface area contributed by atoms with Crippen molar-refractivity contribution in [2.24, 2.45) is 0 Å². The van der Waals surface area contributed by atoms with Crippen molar-refractivity contribution in [2.45, 2.75) is 19.9 Å². The van der Waals surface area contributed by atoms with Gasteiger partial charge >= 0.3 is 0 Å². The molecule has 6 heteroatoms. The highest BCUT2D eigenvalue weighted by Crippen LogP contribution is 2.35. The molecule has 0 aliphatic heterocycles. The monoisotopic (exact) mass is 402 g/mol. The van der Waals surface area contributed by atoms with Crippen molar-refractivity contribution in [3.63, 3.8) is 0 Å². The molecule has 0 saturated carbocycles. The average Bonchev–Trinajstić information content (AvgIpc) is 3.16. The van der Waals surface area contributed by atoms with Crippen molar-refractivity contribution in [2.75, 3.05) is 25.6 Å². The van der Waals surface area contributed by atoms with Crippen molar-refractivity contribution >= 4 is 16.9 Å². The van der Waals surface area contributed by atoms with Crippen molar-refractivity contribution in [3.05, 3.63) is 67.1 Å². The molecule has 1 unspecified atom stereocenters. The third-order valence-electron chi connectivity index (χ3n) is 4.89. The molecule has 30 heavy (non-hydrogen) atoms. The third kappa shape index (κ3) is 4.00. The molecule has 2 aromatic heterocycles. The summed E-state index contributed by atoms with van der Waals surface area (Å²) in [6.45, 7) is 5.29. The lowest BCUT2D eigenvalue weighted by Gasteiger charge is -2.14. The number of hydrogen-bond donors (Lipinski definition) is 1. The van der Waals surface area contributed by atoms with Gasteiger partial charge in [-0.1, -0.05) is 30.3 Å². The SMILES string of the molecule is CCOc1ccc(-n2cc(-c3ccccc3)c3c(NC(C)COC)ncnc32)cc1. The molecular weight excluding hydrogens is 376 g/mol. The van der Waals surface area contributed by atoms with E-state index in [1.165, 1.54) is 0 Å². The molecule has 1 N–H and O–H groups in total. The fraction of sp³-hybridized carbons (Fsp3) is 0.250. The van der Waals surface area contributed by atoms with Gasteiger partial charge in [-0.15, -0.1) is 0 Å². The molecular formula is C24H26N4O2. The topological polar surface area (TPSA) is 61.2 Å². The zero-order valence-electron chi connectivity index (χ0n) is 17.5. The van der Waals surface area contributed by atoms with Crippen LogP contribution in [0, 0.1) is 0 Å². The lowest BCUT2D eigenvalue weighted by Crippen LogP contribution is -2.21. The molecule has 4 aromatic rings. The van der Waals surface area contributed by atoms with Crippen LogP contribution < -0.4 is 10.1 Å². The minimum Gasteiger partial charge on any atom is -0.494 e. The Hall–Kier alpha value is -3.38. The Balaban J connectivity index is 1.87. The minimum atomic E-state index is 0.116. The highest BCUT2D eigenvalue weighted by atomic mass is 16.5. The van der Waals surface area contributed by atoms with Gasteiger partial charge in [0.25, 0.3) is 0 Å².